The standard InChI is InChI=1S/C9H11O2.C5H5.Fe/c1-2-4-8(3-1)5-10-6-9-7-11-9;1-2-4-5-3-1;/h1-4,9H,5-7H2;1-5H;/q2*-1;+2. The molecule has 0 aliphatic carbocycles. The molecule has 2 aromatic rings. The summed E-state index contributed by atoms with van der Waals surface area (Å²) < 4.78 is 10.4. The Balaban J connectivity index is 0.000000205. The van der Waals surface area contributed by atoms with E-state index in [0.29, 0.717) is 12.7 Å². The molecule has 1 aliphatic heterocycles. The minimum absolute atomic E-state index is 0. The van der Waals surface area contributed by atoms with Crippen LogP contribution in [0.15, 0.2) is 54.6 Å². The fraction of sp³-hybridized carbons (Fsp3) is 0.286. The van der Waals surface area contributed by atoms with Gasteiger partial charge in [-0.15, -0.1) is 5.56 Å². The summed E-state index contributed by atoms with van der Waals surface area (Å²) in [5, 5.41) is 0. The molecule has 3 heteroatoms. The van der Waals surface area contributed by atoms with Crippen LogP contribution in [0.4, 0.5) is 0 Å². The maximum Gasteiger partial charge on any atom is 2.00 e. The molecule has 1 saturated heterocycles. The van der Waals surface area contributed by atoms with Crippen LogP contribution in [0.2, 0.25) is 0 Å². The topological polar surface area (TPSA) is 21.8 Å². The van der Waals surface area contributed by atoms with Crippen molar-refractivity contribution in [3.8, 4) is 0 Å². The Kier molecular flexibility index (Phi) is 6.90. The van der Waals surface area contributed by atoms with Crippen molar-refractivity contribution in [2.75, 3.05) is 13.2 Å². The van der Waals surface area contributed by atoms with Gasteiger partial charge in [0.25, 0.3) is 0 Å². The van der Waals surface area contributed by atoms with Gasteiger partial charge < -0.3 is 9.47 Å². The van der Waals surface area contributed by atoms with Gasteiger partial charge in [-0.2, -0.15) is 30.3 Å². The van der Waals surface area contributed by atoms with Crippen molar-refractivity contribution in [1.29, 1.82) is 0 Å². The predicted molar refractivity (Wildman–Crippen MR) is 63.5 cm³/mol. The minimum atomic E-state index is 0. The van der Waals surface area contributed by atoms with E-state index in [-0.39, 0.29) is 17.1 Å². The molecule has 0 N–H and O–H groups in total. The van der Waals surface area contributed by atoms with Gasteiger partial charge in [0.15, 0.2) is 0 Å². The van der Waals surface area contributed by atoms with E-state index in [9.17, 15) is 0 Å². The third-order valence-electron chi connectivity index (χ3n) is 2.26. The zero-order chi connectivity index (χ0) is 11.1. The quantitative estimate of drug-likeness (QED) is 0.485. The molecule has 1 atom stereocenters. The molecule has 92 valence electrons. The van der Waals surface area contributed by atoms with Crippen LogP contribution < -0.4 is 0 Å². The van der Waals surface area contributed by atoms with Crippen LogP contribution in [0.1, 0.15) is 5.56 Å². The van der Waals surface area contributed by atoms with Crippen LogP contribution in [0.25, 0.3) is 0 Å². The Morgan fingerprint density at radius 2 is 2.00 bits per heavy atom. The normalized spacial score (nSPS) is 16.6. The SMILES string of the molecule is [Fe+2].c1c[cH-]c(COCC2CO2)c1.c1cc[cH-]c1. The van der Waals surface area contributed by atoms with E-state index in [0.717, 1.165) is 13.2 Å². The van der Waals surface area contributed by atoms with Crippen molar-refractivity contribution in [2.45, 2.75) is 12.7 Å². The monoisotopic (exact) mass is 272 g/mol. The molecule has 1 heterocycles. The molecule has 3 rings (SSSR count). The second-order valence-corrected chi connectivity index (χ2v) is 3.73. The van der Waals surface area contributed by atoms with Gasteiger partial charge in [0.1, 0.15) is 6.10 Å². The molecule has 0 spiro atoms. The number of rotatable bonds is 4. The van der Waals surface area contributed by atoms with E-state index in [1.807, 2.05) is 42.5 Å². The molecule has 2 aromatic carbocycles. The van der Waals surface area contributed by atoms with Gasteiger partial charge in [0, 0.05) is 6.61 Å². The van der Waals surface area contributed by atoms with Gasteiger partial charge in [-0.25, -0.2) is 24.3 Å². The van der Waals surface area contributed by atoms with Gasteiger partial charge in [0.2, 0.25) is 0 Å². The second-order valence-electron chi connectivity index (χ2n) is 3.73. The van der Waals surface area contributed by atoms with Crippen LogP contribution in [-0.4, -0.2) is 19.3 Å². The van der Waals surface area contributed by atoms with E-state index in [1.54, 1.807) is 0 Å². The molecule has 0 amide bonds. The summed E-state index contributed by atoms with van der Waals surface area (Å²) in [5.74, 6) is 0. The van der Waals surface area contributed by atoms with Crippen molar-refractivity contribution in [3.05, 3.63) is 60.2 Å². The average molecular weight is 272 g/mol. The van der Waals surface area contributed by atoms with Gasteiger partial charge in [-0.05, 0) is 0 Å². The van der Waals surface area contributed by atoms with Crippen LogP contribution in [-0.2, 0) is 33.1 Å². The maximum absolute atomic E-state index is 5.38. The summed E-state index contributed by atoms with van der Waals surface area (Å²) in [4.78, 5) is 0. The van der Waals surface area contributed by atoms with Crippen molar-refractivity contribution in [1.82, 2.24) is 0 Å². The molecule has 0 radical (unpaired) electrons. The number of hydrogen-bond acceptors (Lipinski definition) is 2. The Hall–Kier alpha value is -0.861. The Bertz CT molecular complexity index is 332. The van der Waals surface area contributed by atoms with Crippen molar-refractivity contribution < 1.29 is 26.5 Å². The third kappa shape index (κ3) is 6.44. The summed E-state index contributed by atoms with van der Waals surface area (Å²) in [6.45, 7) is 2.33. The van der Waals surface area contributed by atoms with Gasteiger partial charge >= 0.3 is 17.1 Å². The van der Waals surface area contributed by atoms with E-state index in [1.165, 1.54) is 5.56 Å². The van der Waals surface area contributed by atoms with Gasteiger partial charge in [-0.3, -0.25) is 0 Å². The maximum atomic E-state index is 5.38. The Morgan fingerprint density at radius 3 is 2.47 bits per heavy atom. The molecular formula is C14H16FeO2. The van der Waals surface area contributed by atoms with E-state index in [2.05, 4.69) is 12.1 Å². The van der Waals surface area contributed by atoms with E-state index >= 15 is 0 Å². The van der Waals surface area contributed by atoms with Gasteiger partial charge in [0.05, 0.1) is 13.2 Å². The predicted octanol–water partition coefficient (Wildman–Crippen LogP) is 2.72. The van der Waals surface area contributed by atoms with Crippen molar-refractivity contribution in [3.63, 3.8) is 0 Å². The zero-order valence-corrected chi connectivity index (χ0v) is 10.7. The first-order valence-electron chi connectivity index (χ1n) is 5.52. The van der Waals surface area contributed by atoms with E-state index < -0.39 is 0 Å². The van der Waals surface area contributed by atoms with Crippen LogP contribution >= 0.6 is 0 Å². The Morgan fingerprint density at radius 1 is 1.24 bits per heavy atom. The molecule has 0 bridgehead atoms. The Labute approximate surface area is 113 Å². The summed E-state index contributed by atoms with van der Waals surface area (Å²) in [6.07, 6.45) is 0.380. The zero-order valence-electron chi connectivity index (χ0n) is 9.56. The molecule has 1 unspecified atom stereocenters. The van der Waals surface area contributed by atoms with Crippen molar-refractivity contribution >= 4 is 0 Å². The number of epoxide rings is 1. The van der Waals surface area contributed by atoms with Crippen LogP contribution in [0.5, 0.6) is 0 Å². The summed E-state index contributed by atoms with van der Waals surface area (Å²) in [7, 11) is 0. The smallest absolute Gasteiger partial charge is 0.376 e. The molecule has 0 aromatic heterocycles. The first-order chi connectivity index (χ1) is 7.95. The minimum Gasteiger partial charge on any atom is -0.376 e. The second kappa shape index (κ2) is 8.26. The third-order valence-corrected chi connectivity index (χ3v) is 2.26. The first kappa shape index (κ1) is 14.2. The molecule has 0 saturated carbocycles. The van der Waals surface area contributed by atoms with Crippen LogP contribution in [0.3, 0.4) is 0 Å². The first-order valence-corrected chi connectivity index (χ1v) is 5.52. The summed E-state index contributed by atoms with van der Waals surface area (Å²) >= 11 is 0. The van der Waals surface area contributed by atoms with Crippen LogP contribution in [0, 0.1) is 0 Å². The van der Waals surface area contributed by atoms with Gasteiger partial charge in [-0.1, -0.05) is 0 Å². The number of hydrogen-bond donors (Lipinski definition) is 0. The van der Waals surface area contributed by atoms with Crippen molar-refractivity contribution in [2.24, 2.45) is 0 Å². The number of ether oxygens (including phenoxy) is 2. The molecule has 1 fully saturated rings. The molecule has 1 aliphatic rings. The fourth-order valence-corrected chi connectivity index (χ4v) is 1.30. The fourth-order valence-electron chi connectivity index (χ4n) is 1.30. The largest absolute Gasteiger partial charge is 2.00 e. The van der Waals surface area contributed by atoms with E-state index in [4.69, 9.17) is 9.47 Å². The molecular weight excluding hydrogens is 256 g/mol. The average Bonchev–Trinajstić information content (AvgIpc) is 2.80. The summed E-state index contributed by atoms with van der Waals surface area (Å²) in [6, 6.07) is 18.2. The summed E-state index contributed by atoms with van der Waals surface area (Å²) in [5.41, 5.74) is 1.24. The molecule has 2 nitrogen and oxygen atoms in total. The molecule has 17 heavy (non-hydrogen) atoms.